The molecule has 96 valence electrons. The quantitative estimate of drug-likeness (QED) is 0.846. The Bertz CT molecular complexity index is 515. The van der Waals surface area contributed by atoms with Crippen LogP contribution in [0.25, 0.3) is 10.7 Å². The first-order valence-electron chi connectivity index (χ1n) is 6.74. The SMILES string of the molecule is CC(C)Cn1cnnc1-c1cc2c(s1)CCCC2. The number of nitrogens with zero attached hydrogens (tertiary/aromatic N) is 3. The van der Waals surface area contributed by atoms with E-state index in [1.165, 1.54) is 30.6 Å². The van der Waals surface area contributed by atoms with Crippen molar-refractivity contribution in [3.05, 3.63) is 22.8 Å². The van der Waals surface area contributed by atoms with Crippen LogP contribution in [-0.2, 0) is 19.4 Å². The van der Waals surface area contributed by atoms with Crippen molar-refractivity contribution >= 4 is 11.3 Å². The Morgan fingerprint density at radius 2 is 2.17 bits per heavy atom. The fourth-order valence-corrected chi connectivity index (χ4v) is 3.83. The molecule has 2 heterocycles. The van der Waals surface area contributed by atoms with Gasteiger partial charge in [0.2, 0.25) is 0 Å². The fourth-order valence-electron chi connectivity index (χ4n) is 2.57. The van der Waals surface area contributed by atoms with Gasteiger partial charge in [-0.05, 0) is 43.2 Å². The molecule has 0 radical (unpaired) electrons. The van der Waals surface area contributed by atoms with Gasteiger partial charge in [0.1, 0.15) is 6.33 Å². The molecular formula is C14H19N3S. The maximum atomic E-state index is 4.31. The van der Waals surface area contributed by atoms with Crippen LogP contribution in [-0.4, -0.2) is 14.8 Å². The van der Waals surface area contributed by atoms with E-state index in [0.717, 1.165) is 12.4 Å². The van der Waals surface area contributed by atoms with Crippen molar-refractivity contribution in [1.29, 1.82) is 0 Å². The molecule has 0 aromatic carbocycles. The summed E-state index contributed by atoms with van der Waals surface area (Å²) in [4.78, 5) is 2.86. The summed E-state index contributed by atoms with van der Waals surface area (Å²) in [5, 5.41) is 8.38. The lowest BCUT2D eigenvalue weighted by atomic mass is 9.99. The Kier molecular flexibility index (Phi) is 3.20. The third-order valence-electron chi connectivity index (χ3n) is 3.39. The molecule has 0 saturated carbocycles. The number of hydrogen-bond acceptors (Lipinski definition) is 3. The minimum absolute atomic E-state index is 0.620. The summed E-state index contributed by atoms with van der Waals surface area (Å²) in [5.41, 5.74) is 1.54. The van der Waals surface area contributed by atoms with Crippen LogP contribution in [0, 0.1) is 5.92 Å². The molecule has 0 aliphatic heterocycles. The van der Waals surface area contributed by atoms with Crippen LogP contribution in [0.4, 0.5) is 0 Å². The molecule has 0 bridgehead atoms. The highest BCUT2D eigenvalue weighted by molar-refractivity contribution is 7.15. The number of hydrogen-bond donors (Lipinski definition) is 0. The van der Waals surface area contributed by atoms with Gasteiger partial charge in [0.15, 0.2) is 5.82 Å². The average Bonchev–Trinajstić information content (AvgIpc) is 2.93. The van der Waals surface area contributed by atoms with Crippen LogP contribution in [0.3, 0.4) is 0 Å². The summed E-state index contributed by atoms with van der Waals surface area (Å²) in [6.07, 6.45) is 7.02. The Balaban J connectivity index is 1.94. The molecule has 0 unspecified atom stereocenters. The van der Waals surface area contributed by atoms with Gasteiger partial charge in [0.25, 0.3) is 0 Å². The van der Waals surface area contributed by atoms with E-state index in [-0.39, 0.29) is 0 Å². The van der Waals surface area contributed by atoms with Crippen LogP contribution >= 0.6 is 11.3 Å². The van der Waals surface area contributed by atoms with E-state index in [1.54, 1.807) is 10.4 Å². The van der Waals surface area contributed by atoms with Crippen LogP contribution in [0.1, 0.15) is 37.1 Å². The smallest absolute Gasteiger partial charge is 0.173 e. The van der Waals surface area contributed by atoms with Crippen molar-refractivity contribution in [2.24, 2.45) is 5.92 Å². The van der Waals surface area contributed by atoms with Crippen molar-refractivity contribution in [2.45, 2.75) is 46.1 Å². The highest BCUT2D eigenvalue weighted by Gasteiger charge is 2.17. The Hall–Kier alpha value is -1.16. The van der Waals surface area contributed by atoms with Crippen LogP contribution in [0.2, 0.25) is 0 Å². The second-order valence-corrected chi connectivity index (χ2v) is 6.60. The summed E-state index contributed by atoms with van der Waals surface area (Å²) in [7, 11) is 0. The lowest BCUT2D eigenvalue weighted by Crippen LogP contribution is -2.04. The molecule has 0 atom stereocenters. The first-order valence-corrected chi connectivity index (χ1v) is 7.55. The van der Waals surface area contributed by atoms with E-state index in [9.17, 15) is 0 Å². The molecule has 1 aliphatic rings. The van der Waals surface area contributed by atoms with Gasteiger partial charge in [-0.25, -0.2) is 0 Å². The maximum absolute atomic E-state index is 4.31. The summed E-state index contributed by atoms with van der Waals surface area (Å²) >= 11 is 1.91. The number of thiophene rings is 1. The number of rotatable bonds is 3. The molecule has 0 N–H and O–H groups in total. The molecule has 4 heteroatoms. The van der Waals surface area contributed by atoms with E-state index in [0.29, 0.717) is 5.92 Å². The predicted molar refractivity (Wildman–Crippen MR) is 74.8 cm³/mol. The van der Waals surface area contributed by atoms with Gasteiger partial charge in [0, 0.05) is 11.4 Å². The van der Waals surface area contributed by atoms with Gasteiger partial charge in [-0.1, -0.05) is 13.8 Å². The molecule has 1 aliphatic carbocycles. The van der Waals surface area contributed by atoms with Crippen LogP contribution in [0.5, 0.6) is 0 Å². The largest absolute Gasteiger partial charge is 0.313 e. The standard InChI is InChI=1S/C14H19N3S/c1-10(2)8-17-9-15-16-14(17)13-7-11-5-3-4-6-12(11)18-13/h7,9-10H,3-6,8H2,1-2H3. The first kappa shape index (κ1) is 11.9. The monoisotopic (exact) mass is 261 g/mol. The molecule has 3 rings (SSSR count). The fraction of sp³-hybridized carbons (Fsp3) is 0.571. The van der Waals surface area contributed by atoms with E-state index in [1.807, 2.05) is 17.7 Å². The van der Waals surface area contributed by atoms with E-state index in [2.05, 4.69) is 34.7 Å². The van der Waals surface area contributed by atoms with Crippen LogP contribution in [0.15, 0.2) is 12.4 Å². The summed E-state index contributed by atoms with van der Waals surface area (Å²) < 4.78 is 2.18. The van der Waals surface area contributed by atoms with Gasteiger partial charge in [0.05, 0.1) is 4.88 Å². The summed E-state index contributed by atoms with van der Waals surface area (Å²) in [6, 6.07) is 2.33. The van der Waals surface area contributed by atoms with Crippen LogP contribution < -0.4 is 0 Å². The minimum Gasteiger partial charge on any atom is -0.313 e. The Labute approximate surface area is 112 Å². The van der Waals surface area contributed by atoms with Gasteiger partial charge < -0.3 is 4.57 Å². The van der Waals surface area contributed by atoms with Gasteiger partial charge >= 0.3 is 0 Å². The topological polar surface area (TPSA) is 30.7 Å². The molecule has 2 aromatic heterocycles. The van der Waals surface area contributed by atoms with Crippen molar-refractivity contribution in [1.82, 2.24) is 14.8 Å². The van der Waals surface area contributed by atoms with Gasteiger partial charge in [-0.15, -0.1) is 21.5 Å². The highest BCUT2D eigenvalue weighted by Crippen LogP contribution is 2.34. The molecule has 0 saturated heterocycles. The average molecular weight is 261 g/mol. The van der Waals surface area contributed by atoms with Gasteiger partial charge in [-0.2, -0.15) is 0 Å². The zero-order valence-electron chi connectivity index (χ0n) is 11.0. The summed E-state index contributed by atoms with van der Waals surface area (Å²) in [6.45, 7) is 5.44. The van der Waals surface area contributed by atoms with E-state index in [4.69, 9.17) is 0 Å². The van der Waals surface area contributed by atoms with Crippen molar-refractivity contribution < 1.29 is 0 Å². The number of fused-ring (bicyclic) bond motifs is 1. The molecular weight excluding hydrogens is 242 g/mol. The highest BCUT2D eigenvalue weighted by atomic mass is 32.1. The lowest BCUT2D eigenvalue weighted by molar-refractivity contribution is 0.525. The second kappa shape index (κ2) is 4.84. The molecule has 0 fully saturated rings. The first-order chi connectivity index (χ1) is 8.74. The second-order valence-electron chi connectivity index (χ2n) is 5.47. The minimum atomic E-state index is 0.620. The molecule has 0 spiro atoms. The third kappa shape index (κ3) is 2.21. The molecule has 3 nitrogen and oxygen atoms in total. The van der Waals surface area contributed by atoms with E-state index >= 15 is 0 Å². The third-order valence-corrected chi connectivity index (χ3v) is 4.63. The number of aryl methyl sites for hydroxylation is 2. The molecule has 18 heavy (non-hydrogen) atoms. The predicted octanol–water partition coefficient (Wildman–Crippen LogP) is 3.54. The molecule has 2 aromatic rings. The normalized spacial score (nSPS) is 15.1. The van der Waals surface area contributed by atoms with Gasteiger partial charge in [-0.3, -0.25) is 0 Å². The number of aromatic nitrogens is 3. The van der Waals surface area contributed by atoms with Crippen molar-refractivity contribution in [3.8, 4) is 10.7 Å². The zero-order chi connectivity index (χ0) is 12.5. The van der Waals surface area contributed by atoms with Crippen molar-refractivity contribution in [3.63, 3.8) is 0 Å². The Morgan fingerprint density at radius 3 is 2.94 bits per heavy atom. The lowest BCUT2D eigenvalue weighted by Gasteiger charge is -2.08. The van der Waals surface area contributed by atoms with E-state index < -0.39 is 0 Å². The summed E-state index contributed by atoms with van der Waals surface area (Å²) in [5.74, 6) is 1.66. The van der Waals surface area contributed by atoms with Crippen molar-refractivity contribution in [2.75, 3.05) is 0 Å². The maximum Gasteiger partial charge on any atom is 0.173 e. The Morgan fingerprint density at radius 1 is 1.33 bits per heavy atom. The molecule has 0 amide bonds. The zero-order valence-corrected chi connectivity index (χ0v) is 11.8.